The molecule has 2 heterocycles. The zero-order valence-electron chi connectivity index (χ0n) is 16.2. The molecule has 144 valence electrons. The highest BCUT2D eigenvalue weighted by molar-refractivity contribution is 7.99. The van der Waals surface area contributed by atoms with Crippen LogP contribution < -0.4 is 10.2 Å². The summed E-state index contributed by atoms with van der Waals surface area (Å²) in [5, 5.41) is 4.45. The maximum absolute atomic E-state index is 13.2. The van der Waals surface area contributed by atoms with E-state index in [1.807, 2.05) is 67.2 Å². The first-order chi connectivity index (χ1) is 13.6. The molecule has 1 aromatic heterocycles. The van der Waals surface area contributed by atoms with Crippen LogP contribution in [0.2, 0.25) is 0 Å². The number of nitrogens with zero attached hydrogens (tertiary/aromatic N) is 3. The van der Waals surface area contributed by atoms with Crippen molar-refractivity contribution in [1.29, 1.82) is 0 Å². The van der Waals surface area contributed by atoms with E-state index in [0.717, 1.165) is 52.6 Å². The Balaban J connectivity index is 1.74. The van der Waals surface area contributed by atoms with E-state index < -0.39 is 0 Å². The lowest BCUT2D eigenvalue weighted by Crippen LogP contribution is -2.38. The quantitative estimate of drug-likeness (QED) is 0.720. The molecular formula is C22H24N4OS. The van der Waals surface area contributed by atoms with Crippen LogP contribution in [0.15, 0.2) is 54.7 Å². The SMILES string of the molecule is CN(C)c1ccc(Nc2c(C(=O)N3CCSCC3)cnc3ccccc23)cc1. The van der Waals surface area contributed by atoms with Gasteiger partial charge in [0.25, 0.3) is 5.91 Å². The Hall–Kier alpha value is -2.73. The van der Waals surface area contributed by atoms with E-state index in [0.29, 0.717) is 5.56 Å². The number of carbonyl (C=O) groups excluding carboxylic acids is 1. The number of amides is 1. The van der Waals surface area contributed by atoms with Crippen molar-refractivity contribution in [2.24, 2.45) is 0 Å². The van der Waals surface area contributed by atoms with Gasteiger partial charge in [0.2, 0.25) is 0 Å². The Labute approximate surface area is 169 Å². The van der Waals surface area contributed by atoms with Crippen LogP contribution in [0.1, 0.15) is 10.4 Å². The Kier molecular flexibility index (Phi) is 5.39. The number of para-hydroxylation sites is 1. The fourth-order valence-corrected chi connectivity index (χ4v) is 4.27. The minimum absolute atomic E-state index is 0.0472. The molecule has 1 amide bonds. The second-order valence-corrected chi connectivity index (χ2v) is 8.26. The second-order valence-electron chi connectivity index (χ2n) is 7.03. The predicted molar refractivity (Wildman–Crippen MR) is 119 cm³/mol. The van der Waals surface area contributed by atoms with Crippen LogP contribution in [0.4, 0.5) is 17.1 Å². The van der Waals surface area contributed by atoms with Gasteiger partial charge in [0.15, 0.2) is 0 Å². The standard InChI is InChI=1S/C22H24N4OS/c1-25(2)17-9-7-16(8-10-17)24-21-18-5-3-4-6-20(18)23-15-19(21)22(27)26-11-13-28-14-12-26/h3-10,15H,11-14H2,1-2H3,(H,23,24). The number of hydrogen-bond acceptors (Lipinski definition) is 5. The number of hydrogen-bond donors (Lipinski definition) is 1. The van der Waals surface area contributed by atoms with E-state index in [1.165, 1.54) is 0 Å². The molecule has 1 fully saturated rings. The summed E-state index contributed by atoms with van der Waals surface area (Å²) >= 11 is 1.90. The van der Waals surface area contributed by atoms with E-state index in [1.54, 1.807) is 6.20 Å². The predicted octanol–water partition coefficient (Wildman–Crippen LogP) is 4.23. The normalized spacial score (nSPS) is 14.1. The monoisotopic (exact) mass is 392 g/mol. The van der Waals surface area contributed by atoms with Gasteiger partial charge >= 0.3 is 0 Å². The van der Waals surface area contributed by atoms with Crippen LogP contribution >= 0.6 is 11.8 Å². The molecule has 0 unspecified atom stereocenters. The lowest BCUT2D eigenvalue weighted by Gasteiger charge is -2.27. The number of thioether (sulfide) groups is 1. The largest absolute Gasteiger partial charge is 0.378 e. The first-order valence-corrected chi connectivity index (χ1v) is 10.6. The molecule has 0 bridgehead atoms. The molecule has 5 nitrogen and oxygen atoms in total. The lowest BCUT2D eigenvalue weighted by molar-refractivity contribution is 0.0773. The van der Waals surface area contributed by atoms with Gasteiger partial charge in [0.05, 0.1) is 16.8 Å². The molecule has 1 N–H and O–H groups in total. The Bertz CT molecular complexity index is 981. The zero-order valence-corrected chi connectivity index (χ0v) is 17.0. The fourth-order valence-electron chi connectivity index (χ4n) is 3.36. The molecule has 0 spiro atoms. The number of nitrogens with one attached hydrogen (secondary N) is 1. The number of anilines is 3. The van der Waals surface area contributed by atoms with Crippen molar-refractivity contribution in [3.05, 3.63) is 60.3 Å². The van der Waals surface area contributed by atoms with Crippen molar-refractivity contribution in [2.45, 2.75) is 0 Å². The maximum Gasteiger partial charge on any atom is 0.257 e. The third-order valence-corrected chi connectivity index (χ3v) is 5.90. The van der Waals surface area contributed by atoms with E-state index >= 15 is 0 Å². The average molecular weight is 393 g/mol. The molecule has 1 aliphatic rings. The van der Waals surface area contributed by atoms with Gasteiger partial charge in [-0.25, -0.2) is 0 Å². The van der Waals surface area contributed by atoms with E-state index in [4.69, 9.17) is 0 Å². The average Bonchev–Trinajstić information content (AvgIpc) is 2.74. The molecule has 0 atom stereocenters. The van der Waals surface area contributed by atoms with Crippen molar-refractivity contribution in [1.82, 2.24) is 9.88 Å². The summed E-state index contributed by atoms with van der Waals surface area (Å²) in [4.78, 5) is 21.8. The highest BCUT2D eigenvalue weighted by atomic mass is 32.2. The molecule has 4 rings (SSSR count). The first-order valence-electron chi connectivity index (χ1n) is 9.42. The molecule has 0 radical (unpaired) electrons. The number of fused-ring (bicyclic) bond motifs is 1. The molecule has 2 aromatic carbocycles. The van der Waals surface area contributed by atoms with Gasteiger partial charge < -0.3 is 15.1 Å². The lowest BCUT2D eigenvalue weighted by atomic mass is 10.1. The van der Waals surface area contributed by atoms with Gasteiger partial charge in [-0.15, -0.1) is 0 Å². The molecule has 6 heteroatoms. The Morgan fingerprint density at radius 1 is 1.07 bits per heavy atom. The highest BCUT2D eigenvalue weighted by Crippen LogP contribution is 2.31. The fraction of sp³-hybridized carbons (Fsp3) is 0.273. The van der Waals surface area contributed by atoms with Gasteiger partial charge in [-0.1, -0.05) is 18.2 Å². The minimum atomic E-state index is 0.0472. The van der Waals surface area contributed by atoms with Crippen molar-refractivity contribution in [3.63, 3.8) is 0 Å². The summed E-state index contributed by atoms with van der Waals surface area (Å²) < 4.78 is 0. The number of pyridine rings is 1. The second kappa shape index (κ2) is 8.10. The van der Waals surface area contributed by atoms with Crippen LogP contribution in [0.3, 0.4) is 0 Å². The van der Waals surface area contributed by atoms with E-state index in [-0.39, 0.29) is 5.91 Å². The number of carbonyl (C=O) groups is 1. The molecule has 0 aliphatic carbocycles. The van der Waals surface area contributed by atoms with Crippen molar-refractivity contribution < 1.29 is 4.79 Å². The van der Waals surface area contributed by atoms with Crippen molar-refractivity contribution in [3.8, 4) is 0 Å². The summed E-state index contributed by atoms with van der Waals surface area (Å²) in [7, 11) is 4.04. The molecular weight excluding hydrogens is 368 g/mol. The molecule has 3 aromatic rings. The van der Waals surface area contributed by atoms with Gasteiger partial charge in [0.1, 0.15) is 0 Å². The van der Waals surface area contributed by atoms with Crippen LogP contribution in [-0.2, 0) is 0 Å². The number of rotatable bonds is 4. The van der Waals surface area contributed by atoms with Crippen LogP contribution in [0, 0.1) is 0 Å². The summed E-state index contributed by atoms with van der Waals surface area (Å²) in [5.41, 5.74) is 4.41. The summed E-state index contributed by atoms with van der Waals surface area (Å²) in [6.45, 7) is 1.57. The van der Waals surface area contributed by atoms with Crippen LogP contribution in [0.5, 0.6) is 0 Å². The molecule has 28 heavy (non-hydrogen) atoms. The van der Waals surface area contributed by atoms with Gasteiger partial charge in [-0.3, -0.25) is 9.78 Å². The van der Waals surface area contributed by atoms with Crippen molar-refractivity contribution >= 4 is 45.6 Å². The first kappa shape index (κ1) is 18.6. The summed E-state index contributed by atoms with van der Waals surface area (Å²) in [6, 6.07) is 16.1. The molecule has 1 aliphatic heterocycles. The van der Waals surface area contributed by atoms with Gasteiger partial charge in [-0.2, -0.15) is 11.8 Å². The number of aromatic nitrogens is 1. The van der Waals surface area contributed by atoms with E-state index in [2.05, 4.69) is 27.3 Å². The molecule has 1 saturated heterocycles. The van der Waals surface area contributed by atoms with Crippen LogP contribution in [-0.4, -0.2) is 54.5 Å². The maximum atomic E-state index is 13.2. The Morgan fingerprint density at radius 3 is 2.50 bits per heavy atom. The minimum Gasteiger partial charge on any atom is -0.378 e. The summed E-state index contributed by atoms with van der Waals surface area (Å²) in [6.07, 6.45) is 1.71. The number of benzene rings is 2. The smallest absolute Gasteiger partial charge is 0.257 e. The third-order valence-electron chi connectivity index (χ3n) is 4.96. The Morgan fingerprint density at radius 2 is 1.79 bits per heavy atom. The zero-order chi connectivity index (χ0) is 19.5. The van der Waals surface area contributed by atoms with Crippen molar-refractivity contribution in [2.75, 3.05) is 48.9 Å². The third kappa shape index (κ3) is 3.78. The van der Waals surface area contributed by atoms with Crippen LogP contribution in [0.25, 0.3) is 10.9 Å². The topological polar surface area (TPSA) is 48.5 Å². The van der Waals surface area contributed by atoms with E-state index in [9.17, 15) is 4.79 Å². The molecule has 0 saturated carbocycles. The van der Waals surface area contributed by atoms with Gasteiger partial charge in [-0.05, 0) is 30.3 Å². The summed E-state index contributed by atoms with van der Waals surface area (Å²) in [5.74, 6) is 2.02. The highest BCUT2D eigenvalue weighted by Gasteiger charge is 2.23. The van der Waals surface area contributed by atoms with Gasteiger partial charge in [0, 0.05) is 61.6 Å².